The van der Waals surface area contributed by atoms with E-state index in [4.69, 9.17) is 0 Å². The van der Waals surface area contributed by atoms with Crippen LogP contribution >= 0.6 is 11.8 Å². The maximum Gasteiger partial charge on any atom is 0.159 e. The molecule has 29 heavy (non-hydrogen) atoms. The van der Waals surface area contributed by atoms with Crippen LogP contribution in [-0.4, -0.2) is 23.2 Å². The van der Waals surface area contributed by atoms with Crippen LogP contribution in [0.5, 0.6) is 0 Å². The minimum atomic E-state index is -0.118. The number of thioether (sulfide) groups is 1. The molecule has 0 amide bonds. The van der Waals surface area contributed by atoms with Crippen molar-refractivity contribution < 1.29 is 9.90 Å². The van der Waals surface area contributed by atoms with Crippen molar-refractivity contribution >= 4 is 17.5 Å². The maximum atomic E-state index is 13.0. The second kappa shape index (κ2) is 7.57. The topological polar surface area (TPSA) is 37.3 Å². The first-order chi connectivity index (χ1) is 14.1. The van der Waals surface area contributed by atoms with Gasteiger partial charge in [-0.15, -0.1) is 11.8 Å². The summed E-state index contributed by atoms with van der Waals surface area (Å²) in [5.41, 5.74) is 2.82. The molecule has 4 aliphatic carbocycles. The second-order valence-electron chi connectivity index (χ2n) is 10.3. The van der Waals surface area contributed by atoms with Crippen molar-refractivity contribution in [2.75, 3.05) is 12.4 Å². The number of fused-ring (bicyclic) bond motifs is 5. The summed E-state index contributed by atoms with van der Waals surface area (Å²) >= 11 is 1.78. The number of carbonyl (C=O) groups excluding carboxylic acids is 1. The van der Waals surface area contributed by atoms with Crippen LogP contribution in [-0.2, 0) is 4.79 Å². The molecule has 0 aromatic heterocycles. The standard InChI is InChI=1S/C26H34O2S/c1-25-13-5-8-21(25)19-9-10-22-20(16-29-18-6-3-2-4-7-18)24(28)12-15-26(22,17-27)23(19)11-14-25/h2-4,6-7,19,21,23,27H,5,8-17H2,1H3/t19-,21-,23-,25-,26+/m0/s1. The van der Waals surface area contributed by atoms with Crippen molar-refractivity contribution in [3.05, 3.63) is 41.5 Å². The van der Waals surface area contributed by atoms with Gasteiger partial charge in [0.2, 0.25) is 0 Å². The highest BCUT2D eigenvalue weighted by Gasteiger charge is 2.58. The summed E-state index contributed by atoms with van der Waals surface area (Å²) in [6.45, 7) is 2.77. The van der Waals surface area contributed by atoms with Gasteiger partial charge in [-0.25, -0.2) is 0 Å². The number of benzene rings is 1. The largest absolute Gasteiger partial charge is 0.395 e. The average molecular weight is 411 g/mol. The number of rotatable bonds is 4. The average Bonchev–Trinajstić information content (AvgIpc) is 3.15. The fourth-order valence-electron chi connectivity index (χ4n) is 7.73. The van der Waals surface area contributed by atoms with Crippen LogP contribution < -0.4 is 0 Å². The van der Waals surface area contributed by atoms with Gasteiger partial charge in [-0.05, 0) is 80.2 Å². The van der Waals surface area contributed by atoms with E-state index < -0.39 is 0 Å². The van der Waals surface area contributed by atoms with Gasteiger partial charge < -0.3 is 5.11 Å². The zero-order valence-electron chi connectivity index (χ0n) is 17.7. The van der Waals surface area contributed by atoms with Crippen LogP contribution in [0.1, 0.15) is 64.7 Å². The minimum absolute atomic E-state index is 0.118. The zero-order chi connectivity index (χ0) is 20.1. The van der Waals surface area contributed by atoms with Crippen molar-refractivity contribution in [3.8, 4) is 0 Å². The molecule has 0 heterocycles. The Morgan fingerprint density at radius 3 is 2.66 bits per heavy atom. The van der Waals surface area contributed by atoms with E-state index in [0.717, 1.165) is 36.0 Å². The van der Waals surface area contributed by atoms with Crippen LogP contribution in [0.4, 0.5) is 0 Å². The highest BCUT2D eigenvalue weighted by atomic mass is 32.2. The van der Waals surface area contributed by atoms with Crippen molar-refractivity contribution in [2.45, 2.75) is 69.6 Å². The molecule has 3 saturated carbocycles. The van der Waals surface area contributed by atoms with Crippen molar-refractivity contribution in [3.63, 3.8) is 0 Å². The number of hydrogen-bond donors (Lipinski definition) is 1. The van der Waals surface area contributed by atoms with Gasteiger partial charge in [-0.3, -0.25) is 4.79 Å². The van der Waals surface area contributed by atoms with E-state index in [1.165, 1.54) is 49.0 Å². The molecule has 0 radical (unpaired) electrons. The molecule has 5 atom stereocenters. The first-order valence-electron chi connectivity index (χ1n) is 11.6. The summed E-state index contributed by atoms with van der Waals surface area (Å²) in [6, 6.07) is 10.4. The third-order valence-electron chi connectivity index (χ3n) is 9.16. The molecule has 0 aliphatic heterocycles. The van der Waals surface area contributed by atoms with Crippen LogP contribution in [0.3, 0.4) is 0 Å². The Balaban J connectivity index is 1.47. The Morgan fingerprint density at radius 1 is 1.03 bits per heavy atom. The number of aliphatic hydroxyl groups is 1. The van der Waals surface area contributed by atoms with Crippen LogP contribution in [0.2, 0.25) is 0 Å². The van der Waals surface area contributed by atoms with Crippen LogP contribution in [0, 0.1) is 28.6 Å². The summed E-state index contributed by atoms with van der Waals surface area (Å²) in [5.74, 6) is 3.28. The molecule has 0 spiro atoms. The normalized spacial score (nSPS) is 39.1. The van der Waals surface area contributed by atoms with Gasteiger partial charge in [0.15, 0.2) is 5.78 Å². The first kappa shape index (κ1) is 19.9. The van der Waals surface area contributed by atoms with Crippen molar-refractivity contribution in [1.82, 2.24) is 0 Å². The number of aliphatic hydroxyl groups excluding tert-OH is 1. The van der Waals surface area contributed by atoms with Gasteiger partial charge in [-0.1, -0.05) is 37.1 Å². The summed E-state index contributed by atoms with van der Waals surface area (Å²) in [7, 11) is 0. The summed E-state index contributed by atoms with van der Waals surface area (Å²) in [5, 5.41) is 10.8. The van der Waals surface area contributed by atoms with Gasteiger partial charge in [-0.2, -0.15) is 0 Å². The predicted molar refractivity (Wildman–Crippen MR) is 119 cm³/mol. The molecule has 5 rings (SSSR count). The first-order valence-corrected chi connectivity index (χ1v) is 12.6. The molecule has 3 heteroatoms. The van der Waals surface area contributed by atoms with Gasteiger partial charge in [0.25, 0.3) is 0 Å². The van der Waals surface area contributed by atoms with Gasteiger partial charge >= 0.3 is 0 Å². The van der Waals surface area contributed by atoms with E-state index in [1.54, 1.807) is 11.8 Å². The lowest BCUT2D eigenvalue weighted by atomic mass is 9.46. The molecule has 156 valence electrons. The molecule has 2 nitrogen and oxygen atoms in total. The number of carbonyl (C=O) groups is 1. The number of hydrogen-bond acceptors (Lipinski definition) is 3. The maximum absolute atomic E-state index is 13.0. The molecule has 0 bridgehead atoms. The molecular formula is C26H34O2S. The third kappa shape index (κ3) is 3.15. The van der Waals surface area contributed by atoms with E-state index in [9.17, 15) is 9.90 Å². The Morgan fingerprint density at radius 2 is 1.86 bits per heavy atom. The fraction of sp³-hybridized carbons (Fsp3) is 0.654. The SMILES string of the molecule is C[C@@]12CCC[C@H]1[C@@H]1CCC3=C(CSc4ccccc4)C(=O)CC[C@]3(CO)[C@H]1CC2. The lowest BCUT2D eigenvalue weighted by Crippen LogP contribution is -2.52. The van der Waals surface area contributed by atoms with Gasteiger partial charge in [0, 0.05) is 28.1 Å². The molecule has 1 aromatic rings. The smallest absolute Gasteiger partial charge is 0.159 e. The van der Waals surface area contributed by atoms with Crippen LogP contribution in [0.25, 0.3) is 0 Å². The third-order valence-corrected chi connectivity index (χ3v) is 10.2. The Bertz CT molecular complexity index is 815. The molecule has 1 N–H and O–H groups in total. The summed E-state index contributed by atoms with van der Waals surface area (Å²) in [4.78, 5) is 14.2. The monoisotopic (exact) mass is 410 g/mol. The molecule has 0 unspecified atom stereocenters. The fourth-order valence-corrected chi connectivity index (χ4v) is 8.72. The molecule has 0 saturated heterocycles. The van der Waals surface area contributed by atoms with Crippen molar-refractivity contribution in [1.29, 1.82) is 0 Å². The quantitative estimate of drug-likeness (QED) is 0.615. The van der Waals surface area contributed by atoms with Crippen LogP contribution in [0.15, 0.2) is 46.4 Å². The summed E-state index contributed by atoms with van der Waals surface area (Å²) < 4.78 is 0. The lowest BCUT2D eigenvalue weighted by molar-refractivity contribution is -0.120. The van der Waals surface area contributed by atoms with Gasteiger partial charge in [0.05, 0.1) is 6.61 Å². The van der Waals surface area contributed by atoms with E-state index in [1.807, 2.05) is 6.07 Å². The number of ketones is 1. The van der Waals surface area contributed by atoms with Gasteiger partial charge in [0.1, 0.15) is 0 Å². The molecule has 3 fully saturated rings. The van der Waals surface area contributed by atoms with E-state index in [0.29, 0.717) is 23.5 Å². The summed E-state index contributed by atoms with van der Waals surface area (Å²) in [6.07, 6.45) is 10.5. The highest BCUT2D eigenvalue weighted by Crippen LogP contribution is 2.65. The van der Waals surface area contributed by atoms with E-state index in [-0.39, 0.29) is 12.0 Å². The Hall–Kier alpha value is -1.06. The number of Topliss-reactive ketones (excluding diaryl/α,β-unsaturated/α-hetero) is 1. The molecule has 4 aliphatic rings. The van der Waals surface area contributed by atoms with E-state index >= 15 is 0 Å². The lowest BCUT2D eigenvalue weighted by Gasteiger charge is -2.58. The Kier molecular flexibility index (Phi) is 5.19. The predicted octanol–water partition coefficient (Wildman–Crippen LogP) is 6.04. The minimum Gasteiger partial charge on any atom is -0.395 e. The molecule has 1 aromatic carbocycles. The Labute approximate surface area is 179 Å². The second-order valence-corrected chi connectivity index (χ2v) is 11.3. The highest BCUT2D eigenvalue weighted by molar-refractivity contribution is 7.99. The molecular weight excluding hydrogens is 376 g/mol. The van der Waals surface area contributed by atoms with E-state index in [2.05, 4.69) is 31.2 Å². The zero-order valence-corrected chi connectivity index (χ0v) is 18.5. The van der Waals surface area contributed by atoms with Crippen molar-refractivity contribution in [2.24, 2.45) is 28.6 Å².